The first-order chi connectivity index (χ1) is 15.2. The zero-order valence-electron chi connectivity index (χ0n) is 20.2. The number of Topliss-reactive ketones (excluding diaryl/α,β-unsaturated/α-hetero) is 1. The summed E-state index contributed by atoms with van der Waals surface area (Å²) in [5.74, 6) is 1.31. The number of ether oxygens (including phenoxy) is 3. The minimum atomic E-state index is -0.872. The van der Waals surface area contributed by atoms with Crippen LogP contribution in [0.3, 0.4) is 0 Å². The Morgan fingerprint density at radius 2 is 2.06 bits per heavy atom. The van der Waals surface area contributed by atoms with E-state index in [1.165, 1.54) is 5.57 Å². The number of hydrogen-bond acceptors (Lipinski definition) is 5. The molecule has 5 nitrogen and oxygen atoms in total. The minimum absolute atomic E-state index is 0.00177. The number of carbonyl (C=O) groups is 2. The molecule has 0 amide bonds. The molecule has 1 aliphatic heterocycles. The Bertz CT molecular complexity index is 875. The number of hydrogen-bond donors (Lipinski definition) is 0. The third-order valence-electron chi connectivity index (χ3n) is 9.83. The van der Waals surface area contributed by atoms with Crippen LogP contribution in [-0.4, -0.2) is 42.8 Å². The van der Waals surface area contributed by atoms with E-state index in [-0.39, 0.29) is 46.8 Å². The van der Waals surface area contributed by atoms with Crippen molar-refractivity contribution in [3.8, 4) is 0 Å². The zero-order chi connectivity index (χ0) is 22.9. The van der Waals surface area contributed by atoms with Gasteiger partial charge in [-0.3, -0.25) is 9.59 Å². The van der Waals surface area contributed by atoms with E-state index in [2.05, 4.69) is 26.8 Å². The van der Waals surface area contributed by atoms with Crippen LogP contribution in [0.1, 0.15) is 72.6 Å². The molecule has 0 N–H and O–H groups in total. The minimum Gasteiger partial charge on any atom is -0.381 e. The number of methoxy groups -OCH3 is 1. The van der Waals surface area contributed by atoms with E-state index in [1.807, 2.05) is 13.0 Å². The normalized spacial score (nSPS) is 49.2. The topological polar surface area (TPSA) is 61.8 Å². The smallest absolute Gasteiger partial charge is 0.178 e. The van der Waals surface area contributed by atoms with Crippen molar-refractivity contribution in [2.45, 2.75) is 96.7 Å². The molecule has 0 radical (unpaired) electrons. The molecular formula is C27H38O5. The van der Waals surface area contributed by atoms with Gasteiger partial charge in [0.25, 0.3) is 0 Å². The van der Waals surface area contributed by atoms with Crippen LogP contribution in [-0.2, 0) is 23.8 Å². The van der Waals surface area contributed by atoms with Crippen molar-refractivity contribution in [2.75, 3.05) is 7.11 Å². The van der Waals surface area contributed by atoms with Crippen molar-refractivity contribution in [1.82, 2.24) is 0 Å². The van der Waals surface area contributed by atoms with Gasteiger partial charge in [-0.05, 0) is 56.1 Å². The van der Waals surface area contributed by atoms with Crippen LogP contribution in [0, 0.1) is 28.6 Å². The fraction of sp³-hybridized carbons (Fsp3) is 0.778. The summed E-state index contributed by atoms with van der Waals surface area (Å²) in [6, 6.07) is 0. The van der Waals surface area contributed by atoms with Crippen LogP contribution in [0.5, 0.6) is 0 Å². The van der Waals surface area contributed by atoms with Crippen LogP contribution in [0.2, 0.25) is 0 Å². The quantitative estimate of drug-likeness (QED) is 0.613. The summed E-state index contributed by atoms with van der Waals surface area (Å²) in [4.78, 5) is 25.7. The van der Waals surface area contributed by atoms with Gasteiger partial charge in [0.05, 0.1) is 12.2 Å². The van der Waals surface area contributed by atoms with Gasteiger partial charge in [0, 0.05) is 30.3 Å². The lowest BCUT2D eigenvalue weighted by Gasteiger charge is -2.60. The van der Waals surface area contributed by atoms with E-state index < -0.39 is 5.60 Å². The Morgan fingerprint density at radius 1 is 1.28 bits per heavy atom. The average molecular weight is 443 g/mol. The summed E-state index contributed by atoms with van der Waals surface area (Å²) in [6.45, 7) is 8.63. The lowest BCUT2D eigenvalue weighted by atomic mass is 9.46. The standard InChI is InChI=1S/C27H38O5/c1-6-8-23-31-22-14-19-18-10-9-16-13-17(28)11-12-25(16,3)24(18)20(30-5)15-26(19,4)27(22,32-23)21(29)7-2/h11-13,18-20,22-24H,6-10,14-15H2,1-5H3/t18-,19-,20-,22+,23?,24+,25-,26-,27+/m0/s1. The Hall–Kier alpha value is -1.30. The molecule has 0 aromatic carbocycles. The molecule has 4 fully saturated rings. The fourth-order valence-electron chi connectivity index (χ4n) is 8.46. The number of ketones is 2. The highest BCUT2D eigenvalue weighted by atomic mass is 16.7. The molecule has 0 spiro atoms. The number of allylic oxidation sites excluding steroid dienone is 4. The SMILES string of the molecule is CCCC1O[C@@H]2C[C@H]3[C@@H]4CCC5=CC(=O)C=C[C@]5(C)[C@H]4[C@@H](OC)C[C@]3(C)[C@]2(C(=O)CC)O1. The van der Waals surface area contributed by atoms with Gasteiger partial charge in [0.15, 0.2) is 23.5 Å². The third-order valence-corrected chi connectivity index (χ3v) is 9.83. The van der Waals surface area contributed by atoms with Gasteiger partial charge in [-0.2, -0.15) is 0 Å². The molecule has 9 atom stereocenters. The summed E-state index contributed by atoms with van der Waals surface area (Å²) in [5.41, 5.74) is -0.125. The lowest BCUT2D eigenvalue weighted by Crippen LogP contribution is -2.63. The van der Waals surface area contributed by atoms with Crippen molar-refractivity contribution in [2.24, 2.45) is 28.6 Å². The molecule has 0 aromatic rings. The molecule has 0 aromatic heterocycles. The molecule has 32 heavy (non-hydrogen) atoms. The zero-order valence-corrected chi connectivity index (χ0v) is 20.2. The lowest BCUT2D eigenvalue weighted by molar-refractivity contribution is -0.202. The van der Waals surface area contributed by atoms with Gasteiger partial charge >= 0.3 is 0 Å². The highest BCUT2D eigenvalue weighted by Gasteiger charge is 2.75. The molecule has 0 bridgehead atoms. The molecule has 1 saturated heterocycles. The molecule has 1 heterocycles. The predicted octanol–water partition coefficient (Wildman–Crippen LogP) is 4.79. The van der Waals surface area contributed by atoms with E-state index in [0.29, 0.717) is 18.3 Å². The van der Waals surface area contributed by atoms with E-state index in [4.69, 9.17) is 14.2 Å². The first kappa shape index (κ1) is 22.5. The first-order valence-electron chi connectivity index (χ1n) is 12.6. The average Bonchev–Trinajstić information content (AvgIpc) is 3.25. The summed E-state index contributed by atoms with van der Waals surface area (Å²) in [6.07, 6.45) is 11.1. The van der Waals surface area contributed by atoms with E-state index in [1.54, 1.807) is 13.2 Å². The summed E-state index contributed by atoms with van der Waals surface area (Å²) < 4.78 is 19.3. The van der Waals surface area contributed by atoms with E-state index >= 15 is 0 Å². The van der Waals surface area contributed by atoms with Gasteiger partial charge < -0.3 is 14.2 Å². The van der Waals surface area contributed by atoms with Gasteiger partial charge in [-0.25, -0.2) is 0 Å². The van der Waals surface area contributed by atoms with Crippen molar-refractivity contribution < 1.29 is 23.8 Å². The predicted molar refractivity (Wildman–Crippen MR) is 121 cm³/mol. The van der Waals surface area contributed by atoms with Gasteiger partial charge in [-0.15, -0.1) is 0 Å². The van der Waals surface area contributed by atoms with Crippen molar-refractivity contribution >= 4 is 11.6 Å². The largest absolute Gasteiger partial charge is 0.381 e. The van der Waals surface area contributed by atoms with Crippen LogP contribution in [0.4, 0.5) is 0 Å². The second kappa shape index (κ2) is 7.61. The van der Waals surface area contributed by atoms with Crippen LogP contribution < -0.4 is 0 Å². The number of carbonyl (C=O) groups excluding carboxylic acids is 2. The van der Waals surface area contributed by atoms with Crippen LogP contribution in [0.15, 0.2) is 23.8 Å². The van der Waals surface area contributed by atoms with Gasteiger partial charge in [0.2, 0.25) is 0 Å². The Balaban J connectivity index is 1.58. The maximum absolute atomic E-state index is 13.6. The molecule has 176 valence electrons. The number of fused-ring (bicyclic) bond motifs is 7. The third kappa shape index (κ3) is 2.74. The molecule has 5 rings (SSSR count). The summed E-state index contributed by atoms with van der Waals surface area (Å²) >= 11 is 0. The van der Waals surface area contributed by atoms with E-state index in [9.17, 15) is 9.59 Å². The Labute approximate surface area is 191 Å². The first-order valence-corrected chi connectivity index (χ1v) is 12.6. The molecule has 5 aliphatic rings. The molecule has 4 aliphatic carbocycles. The van der Waals surface area contributed by atoms with Crippen LogP contribution >= 0.6 is 0 Å². The molecule has 5 heteroatoms. The maximum atomic E-state index is 13.6. The van der Waals surface area contributed by atoms with Crippen molar-refractivity contribution in [3.63, 3.8) is 0 Å². The van der Waals surface area contributed by atoms with Gasteiger partial charge in [0.1, 0.15) is 0 Å². The molecule has 1 unspecified atom stereocenters. The second-order valence-electron chi connectivity index (χ2n) is 11.1. The summed E-state index contributed by atoms with van der Waals surface area (Å²) in [7, 11) is 1.80. The summed E-state index contributed by atoms with van der Waals surface area (Å²) in [5, 5.41) is 0. The Kier molecular flexibility index (Phi) is 5.35. The fourth-order valence-corrected chi connectivity index (χ4v) is 8.46. The Morgan fingerprint density at radius 3 is 2.75 bits per heavy atom. The van der Waals surface area contributed by atoms with Crippen molar-refractivity contribution in [3.05, 3.63) is 23.8 Å². The highest BCUT2D eigenvalue weighted by molar-refractivity contribution is 6.01. The van der Waals surface area contributed by atoms with Crippen LogP contribution in [0.25, 0.3) is 0 Å². The molecular weight excluding hydrogens is 404 g/mol. The molecule has 3 saturated carbocycles. The monoisotopic (exact) mass is 442 g/mol. The van der Waals surface area contributed by atoms with Crippen molar-refractivity contribution in [1.29, 1.82) is 0 Å². The van der Waals surface area contributed by atoms with Gasteiger partial charge in [-0.1, -0.05) is 45.8 Å². The second-order valence-corrected chi connectivity index (χ2v) is 11.1. The number of rotatable bonds is 5. The maximum Gasteiger partial charge on any atom is 0.178 e. The van der Waals surface area contributed by atoms with E-state index in [0.717, 1.165) is 38.5 Å². The highest BCUT2D eigenvalue weighted by Crippen LogP contribution is 2.70.